The number of esters is 1. The van der Waals surface area contributed by atoms with Crippen LogP contribution >= 0.6 is 0 Å². The number of terminal acetylenes is 1. The van der Waals surface area contributed by atoms with E-state index in [2.05, 4.69) is 10.9 Å². The van der Waals surface area contributed by atoms with E-state index < -0.39 is 11.8 Å². The third-order valence-corrected chi connectivity index (χ3v) is 4.62. The van der Waals surface area contributed by atoms with E-state index >= 15 is 0 Å². The van der Waals surface area contributed by atoms with Crippen LogP contribution in [0.3, 0.4) is 0 Å². The maximum atomic E-state index is 14.7. The zero-order valence-electron chi connectivity index (χ0n) is 15.2. The number of rotatable bonds is 3. The van der Waals surface area contributed by atoms with Crippen molar-refractivity contribution in [3.8, 4) is 23.5 Å². The van der Waals surface area contributed by atoms with Gasteiger partial charge in [-0.05, 0) is 42.8 Å². The number of ether oxygens (including phenoxy) is 1. The summed E-state index contributed by atoms with van der Waals surface area (Å²) in [6.07, 6.45) is 5.47. The highest BCUT2D eigenvalue weighted by Crippen LogP contribution is 2.37. The lowest BCUT2D eigenvalue weighted by molar-refractivity contribution is 0.0528. The van der Waals surface area contributed by atoms with Gasteiger partial charge in [-0.15, -0.1) is 6.42 Å². The van der Waals surface area contributed by atoms with Gasteiger partial charge in [-0.25, -0.2) is 14.2 Å². The first-order valence-corrected chi connectivity index (χ1v) is 8.89. The zero-order valence-corrected chi connectivity index (χ0v) is 15.2. The number of aromatic nitrogens is 1. The number of halogens is 1. The van der Waals surface area contributed by atoms with Crippen molar-refractivity contribution >= 4 is 27.8 Å². The Bertz CT molecular complexity index is 1250. The van der Waals surface area contributed by atoms with Gasteiger partial charge in [-0.1, -0.05) is 36.3 Å². The van der Waals surface area contributed by atoms with Crippen LogP contribution in [0.1, 0.15) is 22.8 Å². The van der Waals surface area contributed by atoms with Crippen molar-refractivity contribution in [1.29, 1.82) is 0 Å². The first-order chi connectivity index (χ1) is 13.6. The molecule has 3 aromatic carbocycles. The van der Waals surface area contributed by atoms with E-state index in [1.165, 1.54) is 12.1 Å². The van der Waals surface area contributed by atoms with Crippen LogP contribution in [0.2, 0.25) is 0 Å². The molecule has 0 aliphatic rings. The molecule has 28 heavy (non-hydrogen) atoms. The van der Waals surface area contributed by atoms with Crippen molar-refractivity contribution in [2.24, 2.45) is 0 Å². The lowest BCUT2D eigenvalue weighted by Gasteiger charge is -2.15. The average molecular weight is 369 g/mol. The van der Waals surface area contributed by atoms with Gasteiger partial charge in [0.25, 0.3) is 0 Å². The minimum atomic E-state index is -0.508. The zero-order chi connectivity index (χ0) is 19.7. The van der Waals surface area contributed by atoms with E-state index in [0.29, 0.717) is 10.9 Å². The number of carbonyl (C=O) groups is 1. The number of carbonyl (C=O) groups excluding carboxylic acids is 1. The second kappa shape index (κ2) is 7.13. The molecule has 1 heterocycles. The Morgan fingerprint density at radius 3 is 2.57 bits per heavy atom. The van der Waals surface area contributed by atoms with Crippen LogP contribution in [0, 0.1) is 18.2 Å². The molecule has 0 saturated heterocycles. The first-order valence-electron chi connectivity index (χ1n) is 8.89. The van der Waals surface area contributed by atoms with Crippen LogP contribution in [0.25, 0.3) is 32.9 Å². The fourth-order valence-electron chi connectivity index (χ4n) is 3.38. The summed E-state index contributed by atoms with van der Waals surface area (Å²) >= 11 is 0. The average Bonchev–Trinajstić information content (AvgIpc) is 2.73. The van der Waals surface area contributed by atoms with Crippen LogP contribution in [0.4, 0.5) is 4.39 Å². The monoisotopic (exact) mass is 369 g/mol. The van der Waals surface area contributed by atoms with E-state index in [-0.39, 0.29) is 17.7 Å². The SMILES string of the molecule is C#Cc1ccc(-c2c3ccccc3nc3c(F)ccc(C(=O)OCC)c23)cc1. The van der Waals surface area contributed by atoms with E-state index in [4.69, 9.17) is 11.2 Å². The quantitative estimate of drug-likeness (QED) is 0.277. The summed E-state index contributed by atoms with van der Waals surface area (Å²) in [7, 11) is 0. The molecule has 0 spiro atoms. The first kappa shape index (κ1) is 17.7. The van der Waals surface area contributed by atoms with Gasteiger partial charge in [0, 0.05) is 21.9 Å². The van der Waals surface area contributed by atoms with Crippen molar-refractivity contribution in [3.63, 3.8) is 0 Å². The number of fused-ring (bicyclic) bond motifs is 2. The summed E-state index contributed by atoms with van der Waals surface area (Å²) in [6, 6.07) is 17.5. The fourth-order valence-corrected chi connectivity index (χ4v) is 3.38. The maximum Gasteiger partial charge on any atom is 0.338 e. The molecule has 136 valence electrons. The molecule has 3 nitrogen and oxygen atoms in total. The molecule has 0 amide bonds. The minimum Gasteiger partial charge on any atom is -0.462 e. The molecule has 4 heteroatoms. The Labute approximate surface area is 161 Å². The van der Waals surface area contributed by atoms with Gasteiger partial charge in [0.1, 0.15) is 11.3 Å². The van der Waals surface area contributed by atoms with Gasteiger partial charge in [0.15, 0.2) is 0 Å². The molecular weight excluding hydrogens is 353 g/mol. The van der Waals surface area contributed by atoms with E-state index in [9.17, 15) is 9.18 Å². The normalized spacial score (nSPS) is 10.8. The summed E-state index contributed by atoms with van der Waals surface area (Å²) in [5.41, 5.74) is 3.35. The van der Waals surface area contributed by atoms with Crippen LogP contribution in [-0.2, 0) is 4.74 Å². The smallest absolute Gasteiger partial charge is 0.338 e. The van der Waals surface area contributed by atoms with Crippen LogP contribution in [-0.4, -0.2) is 17.6 Å². The van der Waals surface area contributed by atoms with Crippen molar-refractivity contribution < 1.29 is 13.9 Å². The highest BCUT2D eigenvalue weighted by Gasteiger charge is 2.21. The van der Waals surface area contributed by atoms with Gasteiger partial charge in [0.2, 0.25) is 0 Å². The van der Waals surface area contributed by atoms with Crippen molar-refractivity contribution in [3.05, 3.63) is 77.6 Å². The molecule has 0 fully saturated rings. The van der Waals surface area contributed by atoms with Gasteiger partial charge >= 0.3 is 5.97 Å². The molecule has 0 N–H and O–H groups in total. The number of pyridine rings is 1. The second-order valence-electron chi connectivity index (χ2n) is 6.26. The van der Waals surface area contributed by atoms with Crippen molar-refractivity contribution in [2.45, 2.75) is 6.92 Å². The van der Waals surface area contributed by atoms with Crippen molar-refractivity contribution in [1.82, 2.24) is 4.98 Å². The number of nitrogens with zero attached hydrogens (tertiary/aromatic N) is 1. The third-order valence-electron chi connectivity index (χ3n) is 4.62. The van der Waals surface area contributed by atoms with Gasteiger partial charge in [-0.2, -0.15) is 0 Å². The Morgan fingerprint density at radius 2 is 1.86 bits per heavy atom. The largest absolute Gasteiger partial charge is 0.462 e. The topological polar surface area (TPSA) is 39.2 Å². The predicted octanol–water partition coefficient (Wildman–Crippen LogP) is 5.35. The van der Waals surface area contributed by atoms with Gasteiger partial charge in [0.05, 0.1) is 17.7 Å². The van der Waals surface area contributed by atoms with E-state index in [0.717, 1.165) is 22.1 Å². The Kier molecular flexibility index (Phi) is 4.50. The summed E-state index contributed by atoms with van der Waals surface area (Å²) in [5, 5.41) is 1.25. The fraction of sp³-hybridized carbons (Fsp3) is 0.0833. The molecule has 0 aliphatic carbocycles. The van der Waals surface area contributed by atoms with Crippen LogP contribution in [0.15, 0.2) is 60.7 Å². The highest BCUT2D eigenvalue weighted by atomic mass is 19.1. The summed E-state index contributed by atoms with van der Waals surface area (Å²) in [6.45, 7) is 1.96. The summed E-state index contributed by atoms with van der Waals surface area (Å²) in [4.78, 5) is 17.1. The molecule has 0 radical (unpaired) electrons. The molecular formula is C24H16FNO2. The Balaban J connectivity index is 2.18. The van der Waals surface area contributed by atoms with Gasteiger partial charge in [-0.3, -0.25) is 0 Å². The number of para-hydroxylation sites is 1. The number of hydrogen-bond donors (Lipinski definition) is 0. The Hall–Kier alpha value is -3.71. The van der Waals surface area contributed by atoms with E-state index in [1.54, 1.807) is 6.92 Å². The summed E-state index contributed by atoms with van der Waals surface area (Å²) < 4.78 is 19.9. The standard InChI is InChI=1S/C24H16FNO2/c1-3-15-9-11-16(12-10-15)21-17-7-5-6-8-20(17)26-23-19(25)14-13-18(22(21)23)24(27)28-4-2/h1,5-14H,4H2,2H3. The van der Waals surface area contributed by atoms with E-state index in [1.807, 2.05) is 48.5 Å². The molecule has 0 aliphatic heterocycles. The minimum absolute atomic E-state index is 0.139. The molecule has 4 aromatic rings. The van der Waals surface area contributed by atoms with Gasteiger partial charge < -0.3 is 4.74 Å². The highest BCUT2D eigenvalue weighted by molar-refractivity contribution is 6.16. The van der Waals surface area contributed by atoms with Crippen LogP contribution in [0.5, 0.6) is 0 Å². The second-order valence-corrected chi connectivity index (χ2v) is 6.26. The molecule has 0 saturated carbocycles. The number of hydrogen-bond acceptors (Lipinski definition) is 3. The molecule has 4 rings (SSSR count). The summed E-state index contributed by atoms with van der Waals surface area (Å²) in [5.74, 6) is 1.59. The third kappa shape index (κ3) is 2.87. The molecule has 0 bridgehead atoms. The molecule has 0 unspecified atom stereocenters. The Morgan fingerprint density at radius 1 is 1.11 bits per heavy atom. The van der Waals surface area contributed by atoms with Crippen molar-refractivity contribution in [2.75, 3.05) is 6.61 Å². The number of benzene rings is 3. The predicted molar refractivity (Wildman–Crippen MR) is 109 cm³/mol. The lowest BCUT2D eigenvalue weighted by atomic mass is 9.92. The molecule has 0 atom stereocenters. The van der Waals surface area contributed by atoms with Crippen LogP contribution < -0.4 is 0 Å². The maximum absolute atomic E-state index is 14.7. The lowest BCUT2D eigenvalue weighted by Crippen LogP contribution is -2.07. The molecule has 1 aromatic heterocycles.